The Bertz CT molecular complexity index is 821. The number of allylic oxidation sites excluding steroid dienone is 4. The molecule has 0 radical (unpaired) electrons. The van der Waals surface area contributed by atoms with Gasteiger partial charge in [0.05, 0.1) is 0 Å². The molecule has 0 aromatic heterocycles. The first-order valence-corrected chi connectivity index (χ1v) is 11.1. The molecular weight excluding hydrogens is 356 g/mol. The number of fused-ring (bicyclic) bond motifs is 1. The molecule has 2 heteroatoms. The molecule has 29 heavy (non-hydrogen) atoms. The number of carbonyl (C=O) groups excluding carboxylic acids is 2. The number of carbonyl (C=O) groups is 2. The molecule has 0 heterocycles. The topological polar surface area (TPSA) is 34.1 Å². The van der Waals surface area contributed by atoms with Crippen LogP contribution in [0.15, 0.2) is 47.1 Å². The second-order valence-electron chi connectivity index (χ2n) is 10.2. The van der Waals surface area contributed by atoms with Crippen LogP contribution >= 0.6 is 0 Å². The van der Waals surface area contributed by atoms with Crippen molar-refractivity contribution in [3.63, 3.8) is 0 Å². The van der Waals surface area contributed by atoms with Gasteiger partial charge >= 0.3 is 0 Å². The van der Waals surface area contributed by atoms with E-state index in [0.717, 1.165) is 18.3 Å². The lowest BCUT2D eigenvalue weighted by atomic mass is 9.78. The van der Waals surface area contributed by atoms with Crippen molar-refractivity contribution in [3.8, 4) is 0 Å². The van der Waals surface area contributed by atoms with Crippen LogP contribution in [0.3, 0.4) is 0 Å². The third-order valence-corrected chi connectivity index (χ3v) is 6.08. The van der Waals surface area contributed by atoms with Crippen LogP contribution in [0.4, 0.5) is 0 Å². The normalized spacial score (nSPS) is 16.5. The van der Waals surface area contributed by atoms with Crippen LogP contribution in [0.25, 0.3) is 0 Å². The lowest BCUT2D eigenvalue weighted by Crippen LogP contribution is -2.20. The average Bonchev–Trinajstić information content (AvgIpc) is 2.64. The van der Waals surface area contributed by atoms with Crippen LogP contribution in [0, 0.1) is 17.3 Å². The number of benzene rings is 1. The SMILES string of the molecule is CC1=C(C/C=C(\C)CC(C)(C)CC[C@H](C)CC(C)C)C(=O)c2ccccc2C1=O. The fourth-order valence-electron chi connectivity index (χ4n) is 4.55. The maximum Gasteiger partial charge on any atom is 0.190 e. The summed E-state index contributed by atoms with van der Waals surface area (Å²) >= 11 is 0. The number of ketones is 2. The Hall–Kier alpha value is -1.96. The lowest BCUT2D eigenvalue weighted by Gasteiger charge is -2.27. The van der Waals surface area contributed by atoms with E-state index in [1.807, 2.05) is 12.1 Å². The fourth-order valence-corrected chi connectivity index (χ4v) is 4.55. The summed E-state index contributed by atoms with van der Waals surface area (Å²) in [5.74, 6) is 1.51. The molecule has 2 rings (SSSR count). The Morgan fingerprint density at radius 1 is 1.03 bits per heavy atom. The zero-order chi connectivity index (χ0) is 21.8. The molecule has 1 aromatic rings. The molecule has 1 atom stereocenters. The van der Waals surface area contributed by atoms with Crippen molar-refractivity contribution >= 4 is 11.6 Å². The Labute approximate surface area is 177 Å². The maximum atomic E-state index is 12.9. The van der Waals surface area contributed by atoms with Crippen molar-refractivity contribution < 1.29 is 9.59 Å². The van der Waals surface area contributed by atoms with E-state index in [4.69, 9.17) is 0 Å². The predicted octanol–water partition coefficient (Wildman–Crippen LogP) is 7.60. The molecule has 1 aliphatic carbocycles. The Morgan fingerprint density at radius 2 is 1.62 bits per heavy atom. The van der Waals surface area contributed by atoms with E-state index in [1.165, 1.54) is 24.8 Å². The second kappa shape index (κ2) is 9.69. The molecule has 0 amide bonds. The molecule has 1 aliphatic rings. The third-order valence-electron chi connectivity index (χ3n) is 6.08. The van der Waals surface area contributed by atoms with Gasteiger partial charge in [-0.2, -0.15) is 0 Å². The summed E-state index contributed by atoms with van der Waals surface area (Å²) in [5, 5.41) is 0. The summed E-state index contributed by atoms with van der Waals surface area (Å²) in [6.07, 6.45) is 7.46. The smallest absolute Gasteiger partial charge is 0.190 e. The largest absolute Gasteiger partial charge is 0.289 e. The summed E-state index contributed by atoms with van der Waals surface area (Å²) in [5.41, 5.74) is 3.87. The highest BCUT2D eigenvalue weighted by molar-refractivity contribution is 6.26. The Kier molecular flexibility index (Phi) is 7.80. The molecule has 0 fully saturated rings. The zero-order valence-corrected chi connectivity index (χ0v) is 19.4. The lowest BCUT2D eigenvalue weighted by molar-refractivity contribution is 0.0973. The molecule has 0 spiro atoms. The number of hydrogen-bond donors (Lipinski definition) is 0. The van der Waals surface area contributed by atoms with Crippen LogP contribution < -0.4 is 0 Å². The quantitative estimate of drug-likeness (QED) is 0.404. The highest BCUT2D eigenvalue weighted by Gasteiger charge is 2.29. The Morgan fingerprint density at radius 3 is 2.21 bits per heavy atom. The van der Waals surface area contributed by atoms with E-state index >= 15 is 0 Å². The minimum atomic E-state index is -0.0132. The van der Waals surface area contributed by atoms with Crippen molar-refractivity contribution in [2.75, 3.05) is 0 Å². The number of rotatable bonds is 9. The van der Waals surface area contributed by atoms with Gasteiger partial charge in [0.2, 0.25) is 0 Å². The molecule has 0 saturated heterocycles. The molecule has 0 unspecified atom stereocenters. The van der Waals surface area contributed by atoms with E-state index in [0.29, 0.717) is 28.7 Å². The third kappa shape index (κ3) is 6.26. The minimum absolute atomic E-state index is 0.00326. The zero-order valence-electron chi connectivity index (χ0n) is 19.4. The standard InChI is InChI=1S/C27H38O2/c1-18(2)16-19(3)14-15-27(6,7)17-20(4)12-13-22-21(5)25(28)23-10-8-9-11-24(23)26(22)29/h8-12,18-19H,13-17H2,1-7H3/b20-12+/t19-/m0/s1. The van der Waals surface area contributed by atoms with Gasteiger partial charge in [-0.15, -0.1) is 0 Å². The summed E-state index contributed by atoms with van der Waals surface area (Å²) < 4.78 is 0. The second-order valence-corrected chi connectivity index (χ2v) is 10.2. The highest BCUT2D eigenvalue weighted by atomic mass is 16.1. The predicted molar refractivity (Wildman–Crippen MR) is 122 cm³/mol. The van der Waals surface area contributed by atoms with E-state index in [1.54, 1.807) is 19.1 Å². The first kappa shape index (κ1) is 23.3. The van der Waals surface area contributed by atoms with Gasteiger partial charge < -0.3 is 0 Å². The van der Waals surface area contributed by atoms with Crippen molar-refractivity contribution in [2.45, 2.75) is 80.6 Å². The van der Waals surface area contributed by atoms with Crippen molar-refractivity contribution in [2.24, 2.45) is 17.3 Å². The highest BCUT2D eigenvalue weighted by Crippen LogP contribution is 2.34. The van der Waals surface area contributed by atoms with E-state index in [-0.39, 0.29) is 17.0 Å². The van der Waals surface area contributed by atoms with Gasteiger partial charge in [0.25, 0.3) is 0 Å². The summed E-state index contributed by atoms with van der Waals surface area (Å²) in [4.78, 5) is 25.5. The summed E-state index contributed by atoms with van der Waals surface area (Å²) in [6.45, 7) is 15.6. The molecule has 0 bridgehead atoms. The van der Waals surface area contributed by atoms with Gasteiger partial charge in [-0.3, -0.25) is 9.59 Å². The van der Waals surface area contributed by atoms with E-state index in [9.17, 15) is 9.59 Å². The van der Waals surface area contributed by atoms with Gasteiger partial charge in [0.15, 0.2) is 11.6 Å². The van der Waals surface area contributed by atoms with E-state index < -0.39 is 0 Å². The molecule has 0 saturated carbocycles. The number of Topliss-reactive ketones (excluding diaryl/α,β-unsaturated/α-hetero) is 2. The van der Waals surface area contributed by atoms with Gasteiger partial charge in [0.1, 0.15) is 0 Å². The Balaban J connectivity index is 2.03. The van der Waals surface area contributed by atoms with Crippen molar-refractivity contribution in [1.29, 1.82) is 0 Å². The first-order valence-electron chi connectivity index (χ1n) is 11.1. The maximum absolute atomic E-state index is 12.9. The molecule has 0 aliphatic heterocycles. The van der Waals surface area contributed by atoms with Gasteiger partial charge in [-0.25, -0.2) is 0 Å². The van der Waals surface area contributed by atoms with Gasteiger partial charge in [-0.1, -0.05) is 77.0 Å². The molecule has 0 N–H and O–H groups in total. The average molecular weight is 395 g/mol. The van der Waals surface area contributed by atoms with Crippen molar-refractivity contribution in [1.82, 2.24) is 0 Å². The van der Waals surface area contributed by atoms with Crippen LogP contribution in [0.1, 0.15) is 101 Å². The van der Waals surface area contributed by atoms with Crippen LogP contribution in [0.5, 0.6) is 0 Å². The van der Waals surface area contributed by atoms with Crippen LogP contribution in [0.2, 0.25) is 0 Å². The molecular formula is C27H38O2. The number of hydrogen-bond acceptors (Lipinski definition) is 2. The molecule has 1 aromatic carbocycles. The van der Waals surface area contributed by atoms with Crippen LogP contribution in [-0.4, -0.2) is 11.6 Å². The monoisotopic (exact) mass is 394 g/mol. The fraction of sp³-hybridized carbons (Fsp3) is 0.556. The van der Waals surface area contributed by atoms with Gasteiger partial charge in [-0.05, 0) is 56.8 Å². The molecule has 158 valence electrons. The summed E-state index contributed by atoms with van der Waals surface area (Å²) in [6, 6.07) is 7.16. The van der Waals surface area contributed by atoms with Crippen LogP contribution in [-0.2, 0) is 0 Å². The molecule has 2 nitrogen and oxygen atoms in total. The minimum Gasteiger partial charge on any atom is -0.289 e. The van der Waals surface area contributed by atoms with E-state index in [2.05, 4.69) is 47.6 Å². The van der Waals surface area contributed by atoms with Gasteiger partial charge in [0, 0.05) is 22.3 Å². The first-order chi connectivity index (χ1) is 13.5. The summed E-state index contributed by atoms with van der Waals surface area (Å²) in [7, 11) is 0. The van der Waals surface area contributed by atoms with Crippen molar-refractivity contribution in [3.05, 3.63) is 58.2 Å².